The Morgan fingerprint density at radius 1 is 1.09 bits per heavy atom. The van der Waals surface area contributed by atoms with Gasteiger partial charge in [0.2, 0.25) is 0 Å². The van der Waals surface area contributed by atoms with Crippen molar-refractivity contribution < 1.29 is 4.79 Å². The van der Waals surface area contributed by atoms with E-state index in [1.807, 2.05) is 62.6 Å². The van der Waals surface area contributed by atoms with Crippen LogP contribution >= 0.6 is 11.6 Å². The molecule has 0 atom stereocenters. The van der Waals surface area contributed by atoms with Crippen molar-refractivity contribution in [2.75, 3.05) is 13.1 Å². The molecule has 1 saturated heterocycles. The van der Waals surface area contributed by atoms with Crippen LogP contribution in [0.3, 0.4) is 0 Å². The maximum Gasteiger partial charge on any atom is 0.257 e. The van der Waals surface area contributed by atoms with Gasteiger partial charge in [0.05, 0.1) is 23.1 Å². The highest BCUT2D eigenvalue weighted by Gasteiger charge is 2.30. The molecule has 0 aliphatic carbocycles. The number of rotatable bonds is 4. The van der Waals surface area contributed by atoms with E-state index in [0.29, 0.717) is 23.7 Å². The third-order valence-electron chi connectivity index (χ3n) is 6.12. The topological polar surface area (TPSA) is 68.3 Å². The highest BCUT2D eigenvalue weighted by Crippen LogP contribution is 2.30. The highest BCUT2D eigenvalue weighted by molar-refractivity contribution is 6.30. The van der Waals surface area contributed by atoms with Gasteiger partial charge in [-0.25, -0.2) is 4.68 Å². The number of hydrogen-bond donors (Lipinski definition) is 0. The third-order valence-corrected chi connectivity index (χ3v) is 6.36. The van der Waals surface area contributed by atoms with Gasteiger partial charge in [-0.15, -0.1) is 10.2 Å². The lowest BCUT2D eigenvalue weighted by Gasteiger charge is -2.31. The van der Waals surface area contributed by atoms with Gasteiger partial charge < -0.3 is 4.90 Å². The second-order valence-corrected chi connectivity index (χ2v) is 8.98. The summed E-state index contributed by atoms with van der Waals surface area (Å²) in [7, 11) is 0. The van der Waals surface area contributed by atoms with E-state index in [1.165, 1.54) is 0 Å². The molecule has 1 aliphatic rings. The molecule has 32 heavy (non-hydrogen) atoms. The van der Waals surface area contributed by atoms with Crippen LogP contribution in [0.15, 0.2) is 54.9 Å². The highest BCUT2D eigenvalue weighted by atomic mass is 35.5. The fourth-order valence-electron chi connectivity index (χ4n) is 4.54. The van der Waals surface area contributed by atoms with Gasteiger partial charge in [-0.2, -0.15) is 5.10 Å². The predicted molar refractivity (Wildman–Crippen MR) is 124 cm³/mol. The molecule has 8 heteroatoms. The monoisotopic (exact) mass is 448 g/mol. The smallest absolute Gasteiger partial charge is 0.257 e. The molecule has 1 fully saturated rings. The summed E-state index contributed by atoms with van der Waals surface area (Å²) in [5.74, 6) is 1.43. The normalized spacial score (nSPS) is 15.1. The van der Waals surface area contributed by atoms with Crippen LogP contribution in [0.4, 0.5) is 0 Å². The van der Waals surface area contributed by atoms with Gasteiger partial charge in [0.15, 0.2) is 5.65 Å². The number of carbonyl (C=O) groups excluding carboxylic acids is 1. The van der Waals surface area contributed by atoms with Crippen molar-refractivity contribution in [2.45, 2.75) is 38.5 Å². The minimum absolute atomic E-state index is 0.0338. The number of amides is 1. The van der Waals surface area contributed by atoms with Crippen LogP contribution in [-0.2, 0) is 0 Å². The van der Waals surface area contributed by atoms with Crippen LogP contribution in [0.2, 0.25) is 5.02 Å². The molecule has 4 heterocycles. The van der Waals surface area contributed by atoms with Gasteiger partial charge in [-0.3, -0.25) is 9.20 Å². The quantitative estimate of drug-likeness (QED) is 0.453. The van der Waals surface area contributed by atoms with Crippen molar-refractivity contribution in [3.8, 4) is 5.69 Å². The summed E-state index contributed by atoms with van der Waals surface area (Å²) in [5.41, 5.74) is 3.28. The summed E-state index contributed by atoms with van der Waals surface area (Å²) >= 11 is 6.18. The number of carbonyl (C=O) groups is 1. The van der Waals surface area contributed by atoms with Crippen molar-refractivity contribution in [3.63, 3.8) is 0 Å². The Hall–Kier alpha value is -3.19. The maximum absolute atomic E-state index is 13.5. The lowest BCUT2D eigenvalue weighted by atomic mass is 9.95. The minimum atomic E-state index is 0.0338. The number of hydrogen-bond acceptors (Lipinski definition) is 4. The Kier molecular flexibility index (Phi) is 5.43. The first-order chi connectivity index (χ1) is 15.5. The summed E-state index contributed by atoms with van der Waals surface area (Å²) in [6.07, 6.45) is 5.42. The maximum atomic E-state index is 13.5. The number of pyridine rings is 1. The molecule has 164 valence electrons. The largest absolute Gasteiger partial charge is 0.338 e. The Morgan fingerprint density at radius 2 is 1.91 bits per heavy atom. The zero-order chi connectivity index (χ0) is 22.2. The van der Waals surface area contributed by atoms with Gasteiger partial charge in [0, 0.05) is 30.2 Å². The van der Waals surface area contributed by atoms with Gasteiger partial charge in [0.25, 0.3) is 5.91 Å². The fraction of sp³-hybridized carbons (Fsp3) is 0.333. The number of nitrogens with zero attached hydrogens (tertiary/aromatic N) is 6. The van der Waals surface area contributed by atoms with E-state index in [9.17, 15) is 4.79 Å². The molecule has 0 saturated carbocycles. The average molecular weight is 449 g/mol. The van der Waals surface area contributed by atoms with Gasteiger partial charge >= 0.3 is 0 Å². The van der Waals surface area contributed by atoms with Crippen LogP contribution in [0.1, 0.15) is 60.4 Å². The van der Waals surface area contributed by atoms with Crippen LogP contribution in [0.5, 0.6) is 0 Å². The van der Waals surface area contributed by atoms with Crippen LogP contribution in [0, 0.1) is 0 Å². The molecule has 0 bridgehead atoms. The van der Waals surface area contributed by atoms with Crippen molar-refractivity contribution in [3.05, 3.63) is 77.0 Å². The molecule has 7 nitrogen and oxygen atoms in total. The number of aromatic nitrogens is 5. The molecule has 1 aromatic carbocycles. The molecule has 3 aromatic heterocycles. The van der Waals surface area contributed by atoms with Crippen molar-refractivity contribution in [1.29, 1.82) is 0 Å². The molecular weight excluding hydrogens is 424 g/mol. The summed E-state index contributed by atoms with van der Waals surface area (Å²) in [4.78, 5) is 15.4. The summed E-state index contributed by atoms with van der Waals surface area (Å²) in [6.45, 7) is 5.53. The standard InChI is InChI=1S/C24H25ClN6O/c1-16(2)22-20(15-26-31(22)19-7-5-6-18(25)14-19)24(32)29-12-9-17(10-13-29)23-28-27-21-8-3-4-11-30(21)23/h3-8,11,14-17H,9-10,12-13H2,1-2H3. The number of likely N-dealkylation sites (tertiary alicyclic amines) is 1. The second kappa shape index (κ2) is 8.39. The molecule has 5 rings (SSSR count). The number of benzene rings is 1. The van der Waals surface area contributed by atoms with E-state index in [0.717, 1.165) is 35.7 Å². The first-order valence-corrected chi connectivity index (χ1v) is 11.3. The van der Waals surface area contributed by atoms with E-state index in [-0.39, 0.29) is 17.7 Å². The molecule has 0 unspecified atom stereocenters. The van der Waals surface area contributed by atoms with Crippen molar-refractivity contribution in [2.24, 2.45) is 0 Å². The first kappa shape index (κ1) is 20.7. The van der Waals surface area contributed by atoms with Gasteiger partial charge in [0.1, 0.15) is 5.82 Å². The number of halogens is 1. The Balaban J connectivity index is 1.36. The molecule has 0 spiro atoms. The van der Waals surface area contributed by atoms with Crippen LogP contribution < -0.4 is 0 Å². The van der Waals surface area contributed by atoms with Gasteiger partial charge in [-0.1, -0.05) is 37.6 Å². The SMILES string of the molecule is CC(C)c1c(C(=O)N2CCC(c3nnc4ccccn34)CC2)cnn1-c1cccc(Cl)c1. The first-order valence-electron chi connectivity index (χ1n) is 11.0. The molecule has 1 aliphatic heterocycles. The molecule has 4 aromatic rings. The average Bonchev–Trinajstić information content (AvgIpc) is 3.44. The van der Waals surface area contributed by atoms with Crippen molar-refractivity contribution >= 4 is 23.2 Å². The molecular formula is C24H25ClN6O. The zero-order valence-corrected chi connectivity index (χ0v) is 18.9. The van der Waals surface area contributed by atoms with Crippen molar-refractivity contribution in [1.82, 2.24) is 29.3 Å². The molecule has 0 N–H and O–H groups in total. The van der Waals surface area contributed by atoms with E-state index >= 15 is 0 Å². The van der Waals surface area contributed by atoms with E-state index in [1.54, 1.807) is 6.20 Å². The summed E-state index contributed by atoms with van der Waals surface area (Å²) in [6, 6.07) is 13.5. The molecule has 1 amide bonds. The van der Waals surface area contributed by atoms with E-state index in [4.69, 9.17) is 11.6 Å². The minimum Gasteiger partial charge on any atom is -0.338 e. The predicted octanol–water partition coefficient (Wildman–Crippen LogP) is 4.71. The van der Waals surface area contributed by atoms with Gasteiger partial charge in [-0.05, 0) is 49.1 Å². The number of fused-ring (bicyclic) bond motifs is 1. The Labute approximate surface area is 191 Å². The Bertz CT molecular complexity index is 1270. The zero-order valence-electron chi connectivity index (χ0n) is 18.1. The molecule has 0 radical (unpaired) electrons. The van der Waals surface area contributed by atoms with E-state index in [2.05, 4.69) is 29.1 Å². The number of piperidine rings is 1. The third kappa shape index (κ3) is 3.66. The summed E-state index contributed by atoms with van der Waals surface area (Å²) < 4.78 is 3.88. The second-order valence-electron chi connectivity index (χ2n) is 8.54. The Morgan fingerprint density at radius 3 is 2.66 bits per heavy atom. The van der Waals surface area contributed by atoms with Crippen LogP contribution in [0.25, 0.3) is 11.3 Å². The summed E-state index contributed by atoms with van der Waals surface area (Å²) in [5, 5.41) is 13.9. The fourth-order valence-corrected chi connectivity index (χ4v) is 4.73. The van der Waals surface area contributed by atoms with E-state index < -0.39 is 0 Å². The lowest BCUT2D eigenvalue weighted by molar-refractivity contribution is 0.0709. The van der Waals surface area contributed by atoms with Crippen LogP contribution in [-0.4, -0.2) is 48.3 Å². The lowest BCUT2D eigenvalue weighted by Crippen LogP contribution is -2.38.